The summed E-state index contributed by atoms with van der Waals surface area (Å²) in [7, 11) is 3.19. The van der Waals surface area contributed by atoms with Crippen LogP contribution >= 0.6 is 0 Å². The first-order valence-corrected chi connectivity index (χ1v) is 16.8. The molecule has 1 aromatic rings. The van der Waals surface area contributed by atoms with Crippen LogP contribution in [0.2, 0.25) is 5.04 Å². The van der Waals surface area contributed by atoms with Gasteiger partial charge in [-0.3, -0.25) is 4.79 Å². The number of hydrogen-bond acceptors (Lipinski definition) is 6. The molecule has 1 saturated heterocycles. The number of fused-ring (bicyclic) bond motifs is 1. The Kier molecular flexibility index (Phi) is 8.27. The third kappa shape index (κ3) is 5.65. The monoisotopic (exact) mass is 581 g/mol. The molecular weight excluding hydrogens is 530 g/mol. The summed E-state index contributed by atoms with van der Waals surface area (Å²) in [5.74, 6) is -0.115. The van der Waals surface area contributed by atoms with Gasteiger partial charge in [-0.15, -0.1) is 0 Å². The van der Waals surface area contributed by atoms with E-state index in [0.717, 1.165) is 48.9 Å². The summed E-state index contributed by atoms with van der Waals surface area (Å²) >= 11 is 0. The maximum absolute atomic E-state index is 13.8. The number of carbonyl (C=O) groups excluding carboxylic acids is 1. The fourth-order valence-corrected chi connectivity index (χ4v) is 8.81. The van der Waals surface area contributed by atoms with E-state index in [-0.39, 0.29) is 16.9 Å². The van der Waals surface area contributed by atoms with Crippen LogP contribution in [0.1, 0.15) is 91.7 Å². The Morgan fingerprint density at radius 2 is 1.68 bits per heavy atom. The van der Waals surface area contributed by atoms with E-state index in [1.54, 1.807) is 0 Å². The number of hydrogen-bond donors (Lipinski definition) is 1. The predicted molar refractivity (Wildman–Crippen MR) is 167 cm³/mol. The number of aliphatic hydroxyl groups excluding tert-OH is 1. The molecule has 0 amide bonds. The molecule has 1 saturated carbocycles. The molecule has 41 heavy (non-hydrogen) atoms. The van der Waals surface area contributed by atoms with E-state index < -0.39 is 32.7 Å². The van der Waals surface area contributed by atoms with E-state index in [1.165, 1.54) is 11.1 Å². The zero-order chi connectivity index (χ0) is 29.8. The smallest absolute Gasteiger partial charge is 0.188 e. The van der Waals surface area contributed by atoms with Gasteiger partial charge in [0.1, 0.15) is 11.9 Å². The highest BCUT2D eigenvalue weighted by Gasteiger charge is 2.59. The summed E-state index contributed by atoms with van der Waals surface area (Å²) in [6, 6.07) is 8.26. The highest BCUT2D eigenvalue weighted by molar-refractivity contribution is 6.32. The minimum Gasteiger partial charge on any atom is -0.418 e. The molecule has 5 rings (SSSR count). The lowest BCUT2D eigenvalue weighted by Gasteiger charge is -2.50. The number of carbonyl (C=O) groups is 1. The van der Waals surface area contributed by atoms with Crippen molar-refractivity contribution in [1.82, 2.24) is 0 Å². The highest BCUT2D eigenvalue weighted by Crippen LogP contribution is 2.59. The Hall–Kier alpha value is -1.77. The number of Topliss-reactive ketones (excluding diaryl/α,β-unsaturated/α-hetero) is 1. The first-order chi connectivity index (χ1) is 19.2. The Balaban J connectivity index is 1.58. The van der Waals surface area contributed by atoms with E-state index >= 15 is 0 Å². The van der Waals surface area contributed by atoms with Crippen molar-refractivity contribution in [2.45, 2.75) is 103 Å². The van der Waals surface area contributed by atoms with Crippen LogP contribution in [0.4, 0.5) is 5.69 Å². The van der Waals surface area contributed by atoms with Crippen molar-refractivity contribution in [1.29, 1.82) is 0 Å². The third-order valence-corrected chi connectivity index (χ3v) is 12.1. The van der Waals surface area contributed by atoms with Gasteiger partial charge in [0.2, 0.25) is 0 Å². The molecule has 6 nitrogen and oxygen atoms in total. The second-order valence-corrected chi connectivity index (χ2v) is 17.5. The average molecular weight is 582 g/mol. The molecule has 226 valence electrons. The molecule has 4 aliphatic rings. The van der Waals surface area contributed by atoms with Crippen LogP contribution in [-0.2, 0) is 18.7 Å². The molecule has 1 aromatic carbocycles. The van der Waals surface area contributed by atoms with Gasteiger partial charge in [-0.25, -0.2) is 0 Å². The van der Waals surface area contributed by atoms with Crippen molar-refractivity contribution < 1.29 is 23.8 Å². The van der Waals surface area contributed by atoms with Crippen molar-refractivity contribution in [2.75, 3.05) is 32.2 Å². The fraction of sp³-hybridized carbons (Fsp3) is 0.676. The highest BCUT2D eigenvalue weighted by atomic mass is 28.2. The summed E-state index contributed by atoms with van der Waals surface area (Å²) in [4.78, 5) is 15.9. The minimum atomic E-state index is -0.865. The summed E-state index contributed by atoms with van der Waals surface area (Å²) in [6.45, 7) is 14.4. The summed E-state index contributed by atoms with van der Waals surface area (Å²) in [6.07, 6.45) is 6.23. The van der Waals surface area contributed by atoms with Crippen LogP contribution < -0.4 is 4.90 Å². The SMILES string of the molecule is CN(C)c1ccc(C(O)C2=C3CCC4(C=C3CCC2C2CCC(=O)C2(C)C(C)(C)O[SiH2]C(C)(C)C)OCCO4)cc1. The molecule has 0 bridgehead atoms. The first-order valence-electron chi connectivity index (χ1n) is 15.5. The van der Waals surface area contributed by atoms with Gasteiger partial charge in [0.15, 0.2) is 15.6 Å². The van der Waals surface area contributed by atoms with E-state index in [0.29, 0.717) is 25.4 Å². The number of ketones is 1. The number of aliphatic hydroxyl groups is 1. The molecule has 0 aromatic heterocycles. The Bertz CT molecular complexity index is 1200. The number of ether oxygens (including phenoxy) is 2. The van der Waals surface area contributed by atoms with Gasteiger partial charge in [0.05, 0.1) is 24.2 Å². The van der Waals surface area contributed by atoms with Crippen molar-refractivity contribution in [3.63, 3.8) is 0 Å². The van der Waals surface area contributed by atoms with E-state index in [9.17, 15) is 9.90 Å². The largest absolute Gasteiger partial charge is 0.418 e. The Labute approximate surface area is 249 Å². The predicted octanol–water partition coefficient (Wildman–Crippen LogP) is 6.04. The van der Waals surface area contributed by atoms with Gasteiger partial charge in [-0.1, -0.05) is 32.9 Å². The van der Waals surface area contributed by atoms with Crippen LogP contribution in [-0.4, -0.2) is 59.4 Å². The lowest BCUT2D eigenvalue weighted by Crippen LogP contribution is -2.53. The molecule has 3 aliphatic carbocycles. The second kappa shape index (κ2) is 11.1. The van der Waals surface area contributed by atoms with Crippen LogP contribution in [0, 0.1) is 17.3 Å². The van der Waals surface area contributed by atoms with E-state index in [2.05, 4.69) is 76.8 Å². The quantitative estimate of drug-likeness (QED) is 0.396. The normalized spacial score (nSPS) is 29.4. The number of rotatable bonds is 7. The molecule has 1 spiro atoms. The van der Waals surface area contributed by atoms with Crippen LogP contribution in [0.5, 0.6) is 0 Å². The van der Waals surface area contributed by atoms with Crippen LogP contribution in [0.3, 0.4) is 0 Å². The van der Waals surface area contributed by atoms with Gasteiger partial charge in [0.25, 0.3) is 0 Å². The minimum absolute atomic E-state index is 0.0979. The van der Waals surface area contributed by atoms with Gasteiger partial charge < -0.3 is 23.9 Å². The van der Waals surface area contributed by atoms with E-state index in [1.807, 2.05) is 14.1 Å². The summed E-state index contributed by atoms with van der Waals surface area (Å²) in [5, 5.41) is 12.3. The van der Waals surface area contributed by atoms with Gasteiger partial charge in [0, 0.05) is 32.6 Å². The lowest BCUT2D eigenvalue weighted by atomic mass is 9.58. The van der Waals surface area contributed by atoms with Crippen molar-refractivity contribution in [3.05, 3.63) is 52.6 Å². The molecule has 7 heteroatoms. The molecule has 2 fully saturated rings. The molecule has 1 heterocycles. The molecular formula is C34H51NO5Si. The first kappa shape index (κ1) is 30.7. The number of allylic oxidation sites excluding steroid dienone is 2. The standard InChI is InChI=1S/C34H51NO5Si/c1-31(2,3)41-40-32(4,5)33(6)27(15-16-28(33)36)26-14-11-23-21-34(38-19-20-39-34)18-17-25(23)29(26)30(37)22-9-12-24(13-10-22)35(7)8/h9-10,12-13,21,26-27,30,37H,11,14-20,41H2,1-8H3. The topological polar surface area (TPSA) is 68.2 Å². The zero-order valence-electron chi connectivity index (χ0n) is 26.5. The van der Waals surface area contributed by atoms with Gasteiger partial charge in [-0.05, 0) is 104 Å². The molecule has 4 atom stereocenters. The average Bonchev–Trinajstić information content (AvgIpc) is 3.50. The van der Waals surface area contributed by atoms with Crippen molar-refractivity contribution >= 4 is 21.2 Å². The summed E-state index contributed by atoms with van der Waals surface area (Å²) in [5.41, 5.74) is 4.41. The van der Waals surface area contributed by atoms with Crippen LogP contribution in [0.25, 0.3) is 0 Å². The van der Waals surface area contributed by atoms with Crippen molar-refractivity contribution in [3.8, 4) is 0 Å². The maximum Gasteiger partial charge on any atom is 0.188 e. The second-order valence-electron chi connectivity index (χ2n) is 14.8. The van der Waals surface area contributed by atoms with Crippen LogP contribution in [0.15, 0.2) is 47.1 Å². The van der Waals surface area contributed by atoms with E-state index in [4.69, 9.17) is 13.9 Å². The number of nitrogens with zero attached hydrogens (tertiary/aromatic N) is 1. The molecule has 4 unspecified atom stereocenters. The molecule has 0 radical (unpaired) electrons. The lowest BCUT2D eigenvalue weighted by molar-refractivity contribution is -0.141. The van der Waals surface area contributed by atoms with Crippen molar-refractivity contribution in [2.24, 2.45) is 17.3 Å². The molecule has 1 N–H and O–H groups in total. The molecule has 1 aliphatic heterocycles. The van der Waals surface area contributed by atoms with Gasteiger partial charge >= 0.3 is 0 Å². The Morgan fingerprint density at radius 3 is 2.29 bits per heavy atom. The maximum atomic E-state index is 13.8. The number of benzene rings is 1. The third-order valence-electron chi connectivity index (χ3n) is 10.4. The Morgan fingerprint density at radius 1 is 1.02 bits per heavy atom. The van der Waals surface area contributed by atoms with Gasteiger partial charge in [-0.2, -0.15) is 0 Å². The number of anilines is 1. The summed E-state index contributed by atoms with van der Waals surface area (Å²) < 4.78 is 18.9. The fourth-order valence-electron chi connectivity index (χ4n) is 7.72. The zero-order valence-corrected chi connectivity index (χ0v) is 27.9.